The molecular formula is C13H8BrClFN5. The molecule has 0 atom stereocenters. The van der Waals surface area contributed by atoms with Gasteiger partial charge < -0.3 is 5.73 Å². The van der Waals surface area contributed by atoms with Crippen molar-refractivity contribution in [1.82, 2.24) is 20.2 Å². The molecule has 1 aromatic heterocycles. The van der Waals surface area contributed by atoms with Crippen LogP contribution in [0.3, 0.4) is 0 Å². The largest absolute Gasteiger partial charge is 0.399 e. The molecule has 0 saturated carbocycles. The molecule has 21 heavy (non-hydrogen) atoms. The molecule has 0 amide bonds. The van der Waals surface area contributed by atoms with Gasteiger partial charge in [-0.25, -0.2) is 4.39 Å². The zero-order chi connectivity index (χ0) is 15.0. The second-order valence-corrected chi connectivity index (χ2v) is 5.51. The van der Waals surface area contributed by atoms with E-state index in [1.807, 2.05) is 0 Å². The molecule has 0 saturated heterocycles. The molecule has 3 aromatic rings. The molecule has 0 aliphatic heterocycles. The third-order valence-corrected chi connectivity index (χ3v) is 3.77. The summed E-state index contributed by atoms with van der Waals surface area (Å²) in [7, 11) is 0. The van der Waals surface area contributed by atoms with E-state index < -0.39 is 0 Å². The minimum absolute atomic E-state index is 0.324. The first kappa shape index (κ1) is 14.0. The van der Waals surface area contributed by atoms with Crippen LogP contribution in [0.15, 0.2) is 40.9 Å². The average Bonchev–Trinajstić information content (AvgIpc) is 2.91. The fourth-order valence-corrected chi connectivity index (χ4v) is 2.50. The lowest BCUT2D eigenvalue weighted by atomic mass is 10.2. The summed E-state index contributed by atoms with van der Waals surface area (Å²) in [6.07, 6.45) is 0. The van der Waals surface area contributed by atoms with Gasteiger partial charge in [-0.05, 0) is 62.8 Å². The Morgan fingerprint density at radius 2 is 2.00 bits per heavy atom. The first-order valence-corrected chi connectivity index (χ1v) is 7.02. The number of hydrogen-bond donors (Lipinski definition) is 1. The smallest absolute Gasteiger partial charge is 0.188 e. The van der Waals surface area contributed by atoms with Gasteiger partial charge in [-0.15, -0.1) is 5.10 Å². The van der Waals surface area contributed by atoms with Gasteiger partial charge in [0.15, 0.2) is 5.82 Å². The van der Waals surface area contributed by atoms with E-state index in [1.165, 1.54) is 10.7 Å². The van der Waals surface area contributed by atoms with Crippen LogP contribution in [0.5, 0.6) is 0 Å². The fourth-order valence-electron chi connectivity index (χ4n) is 1.86. The minimum Gasteiger partial charge on any atom is -0.399 e. The van der Waals surface area contributed by atoms with Gasteiger partial charge in [0.25, 0.3) is 0 Å². The van der Waals surface area contributed by atoms with Crippen molar-refractivity contribution in [1.29, 1.82) is 0 Å². The van der Waals surface area contributed by atoms with E-state index in [0.29, 0.717) is 32.3 Å². The Labute approximate surface area is 132 Å². The standard InChI is InChI=1S/C13H8BrClFN5/c14-10-6-8(2-4-12(10)16)21-13(18-19-20-21)9-3-1-7(17)5-11(9)15/h1-6H,17H2. The molecule has 3 rings (SSSR count). The Hall–Kier alpha value is -1.99. The maximum Gasteiger partial charge on any atom is 0.188 e. The van der Waals surface area contributed by atoms with E-state index in [1.54, 1.807) is 30.3 Å². The van der Waals surface area contributed by atoms with Crippen LogP contribution in [0.2, 0.25) is 5.02 Å². The summed E-state index contributed by atoms with van der Waals surface area (Å²) >= 11 is 9.32. The fraction of sp³-hybridized carbons (Fsp3) is 0. The lowest BCUT2D eigenvalue weighted by Gasteiger charge is -2.07. The van der Waals surface area contributed by atoms with Crippen LogP contribution in [-0.4, -0.2) is 20.2 Å². The lowest BCUT2D eigenvalue weighted by Crippen LogP contribution is -2.01. The predicted octanol–water partition coefficient (Wildman–Crippen LogP) is 3.47. The SMILES string of the molecule is Nc1ccc(-c2nnnn2-c2ccc(F)c(Br)c2)c(Cl)c1. The number of tetrazole rings is 1. The third kappa shape index (κ3) is 2.62. The van der Waals surface area contributed by atoms with Crippen LogP contribution < -0.4 is 5.73 Å². The number of nitrogens with zero attached hydrogens (tertiary/aromatic N) is 4. The zero-order valence-corrected chi connectivity index (χ0v) is 12.8. The highest BCUT2D eigenvalue weighted by atomic mass is 79.9. The van der Waals surface area contributed by atoms with Crippen LogP contribution >= 0.6 is 27.5 Å². The summed E-state index contributed by atoms with van der Waals surface area (Å²) in [4.78, 5) is 0. The molecule has 0 bridgehead atoms. The van der Waals surface area contributed by atoms with Gasteiger partial charge >= 0.3 is 0 Å². The minimum atomic E-state index is -0.362. The molecule has 5 nitrogen and oxygen atoms in total. The number of rotatable bonds is 2. The number of aromatic nitrogens is 4. The Kier molecular flexibility index (Phi) is 3.60. The first-order chi connectivity index (χ1) is 10.1. The van der Waals surface area contributed by atoms with Crippen LogP contribution in [0.1, 0.15) is 0 Å². The molecule has 0 fully saturated rings. The Balaban J connectivity index is 2.14. The normalized spacial score (nSPS) is 10.8. The van der Waals surface area contributed by atoms with Crippen molar-refractivity contribution in [3.63, 3.8) is 0 Å². The first-order valence-electron chi connectivity index (χ1n) is 5.85. The molecule has 0 unspecified atom stereocenters. The Morgan fingerprint density at radius 3 is 2.71 bits per heavy atom. The number of hydrogen-bond acceptors (Lipinski definition) is 4. The number of benzene rings is 2. The highest BCUT2D eigenvalue weighted by Gasteiger charge is 2.15. The van der Waals surface area contributed by atoms with E-state index >= 15 is 0 Å². The summed E-state index contributed by atoms with van der Waals surface area (Å²) in [6, 6.07) is 9.55. The van der Waals surface area contributed by atoms with Crippen LogP contribution in [-0.2, 0) is 0 Å². The summed E-state index contributed by atoms with van der Waals surface area (Å²) in [5.41, 5.74) is 7.47. The topological polar surface area (TPSA) is 69.6 Å². The number of halogens is 3. The molecular weight excluding hydrogens is 361 g/mol. The maximum atomic E-state index is 13.3. The maximum absolute atomic E-state index is 13.3. The van der Waals surface area contributed by atoms with Crippen LogP contribution in [0.4, 0.5) is 10.1 Å². The van der Waals surface area contributed by atoms with Crippen molar-refractivity contribution in [3.8, 4) is 17.1 Å². The van der Waals surface area contributed by atoms with Gasteiger partial charge in [0.05, 0.1) is 15.2 Å². The zero-order valence-electron chi connectivity index (χ0n) is 10.5. The van der Waals surface area contributed by atoms with E-state index in [-0.39, 0.29) is 5.82 Å². The molecule has 0 radical (unpaired) electrons. The molecule has 1 heterocycles. The van der Waals surface area contributed by atoms with Gasteiger partial charge in [0.1, 0.15) is 5.82 Å². The molecule has 2 aromatic carbocycles. The summed E-state index contributed by atoms with van der Waals surface area (Å²) in [6.45, 7) is 0. The predicted molar refractivity (Wildman–Crippen MR) is 81.7 cm³/mol. The highest BCUT2D eigenvalue weighted by molar-refractivity contribution is 9.10. The summed E-state index contributed by atoms with van der Waals surface area (Å²) in [5.74, 6) is 0.0809. The van der Waals surface area contributed by atoms with Crippen molar-refractivity contribution in [3.05, 3.63) is 51.7 Å². The van der Waals surface area contributed by atoms with Crippen molar-refractivity contribution in [2.45, 2.75) is 0 Å². The molecule has 0 spiro atoms. The van der Waals surface area contributed by atoms with Crippen LogP contribution in [0.25, 0.3) is 17.1 Å². The second kappa shape index (κ2) is 5.42. The molecule has 2 N–H and O–H groups in total. The monoisotopic (exact) mass is 367 g/mol. The third-order valence-electron chi connectivity index (χ3n) is 2.85. The number of anilines is 1. The van der Waals surface area contributed by atoms with E-state index in [9.17, 15) is 4.39 Å². The van der Waals surface area contributed by atoms with Gasteiger partial charge in [0.2, 0.25) is 0 Å². The summed E-state index contributed by atoms with van der Waals surface area (Å²) in [5, 5.41) is 12.0. The molecule has 0 aliphatic rings. The highest BCUT2D eigenvalue weighted by Crippen LogP contribution is 2.29. The lowest BCUT2D eigenvalue weighted by molar-refractivity contribution is 0.620. The van der Waals surface area contributed by atoms with E-state index in [4.69, 9.17) is 17.3 Å². The second-order valence-electron chi connectivity index (χ2n) is 4.25. The van der Waals surface area contributed by atoms with Crippen molar-refractivity contribution >= 4 is 33.2 Å². The van der Waals surface area contributed by atoms with Crippen molar-refractivity contribution in [2.75, 3.05) is 5.73 Å². The van der Waals surface area contributed by atoms with Crippen molar-refractivity contribution in [2.24, 2.45) is 0 Å². The molecule has 8 heteroatoms. The van der Waals surface area contributed by atoms with Crippen LogP contribution in [0, 0.1) is 5.82 Å². The Morgan fingerprint density at radius 1 is 1.19 bits per heavy atom. The number of nitrogens with two attached hydrogens (primary N) is 1. The van der Waals surface area contributed by atoms with Gasteiger partial charge in [-0.3, -0.25) is 0 Å². The Bertz CT molecular complexity index is 820. The molecule has 106 valence electrons. The van der Waals surface area contributed by atoms with Gasteiger partial charge in [-0.2, -0.15) is 4.68 Å². The molecule has 0 aliphatic carbocycles. The quantitative estimate of drug-likeness (QED) is 0.703. The average molecular weight is 369 g/mol. The van der Waals surface area contributed by atoms with Gasteiger partial charge in [-0.1, -0.05) is 11.6 Å². The van der Waals surface area contributed by atoms with Crippen molar-refractivity contribution < 1.29 is 4.39 Å². The van der Waals surface area contributed by atoms with E-state index in [0.717, 1.165) is 0 Å². The van der Waals surface area contributed by atoms with Gasteiger partial charge in [0, 0.05) is 11.3 Å². The number of nitrogen functional groups attached to an aromatic ring is 1. The van der Waals surface area contributed by atoms with E-state index in [2.05, 4.69) is 31.5 Å². The summed E-state index contributed by atoms with van der Waals surface area (Å²) < 4.78 is 15.1.